The van der Waals surface area contributed by atoms with E-state index in [1.54, 1.807) is 14.0 Å². The molecule has 0 saturated carbocycles. The highest BCUT2D eigenvalue weighted by molar-refractivity contribution is 6.01. The average molecular weight is 128 g/mol. The molecule has 0 bridgehead atoms. The lowest BCUT2D eigenvalue weighted by Gasteiger charge is -1.98. The third-order valence-corrected chi connectivity index (χ3v) is 0.797. The Morgan fingerprint density at radius 2 is 2.00 bits per heavy atom. The van der Waals surface area contributed by atoms with Crippen molar-refractivity contribution in [2.75, 3.05) is 13.7 Å². The summed E-state index contributed by atoms with van der Waals surface area (Å²) in [6, 6.07) is 0. The van der Waals surface area contributed by atoms with Crippen LogP contribution in [0.25, 0.3) is 0 Å². The van der Waals surface area contributed by atoms with E-state index in [1.807, 2.05) is 0 Å². The van der Waals surface area contributed by atoms with Crippen LogP contribution in [0.3, 0.4) is 0 Å². The summed E-state index contributed by atoms with van der Waals surface area (Å²) >= 11 is 0. The lowest BCUT2D eigenvalue weighted by molar-refractivity contribution is 0.244. The zero-order chi connectivity index (χ0) is 7.28. The highest BCUT2D eigenvalue weighted by Gasteiger charge is 1.95. The third-order valence-electron chi connectivity index (χ3n) is 0.797. The van der Waals surface area contributed by atoms with Crippen LogP contribution in [0.2, 0.25) is 0 Å². The molecule has 0 spiro atoms. The van der Waals surface area contributed by atoms with Gasteiger partial charge in [0.15, 0.2) is 0 Å². The lowest BCUT2D eigenvalue weighted by Crippen LogP contribution is -2.08. The van der Waals surface area contributed by atoms with Crippen molar-refractivity contribution in [2.24, 2.45) is 0 Å². The maximum atomic E-state index is 7.15. The molecule has 0 aliphatic rings. The van der Waals surface area contributed by atoms with Crippen molar-refractivity contribution in [1.29, 1.82) is 10.8 Å². The predicted molar refractivity (Wildman–Crippen MR) is 37.6 cm³/mol. The summed E-state index contributed by atoms with van der Waals surface area (Å²) in [6.07, 6.45) is 0.438. The number of nitrogens with one attached hydrogen (secondary N) is 2. The molecule has 0 amide bonds. The normalized spacial score (nSPS) is 9.11. The smallest absolute Gasteiger partial charge is 0.0841 e. The highest BCUT2D eigenvalue weighted by atomic mass is 16.5. The maximum Gasteiger partial charge on any atom is 0.0841 e. The van der Waals surface area contributed by atoms with Gasteiger partial charge in [0.1, 0.15) is 0 Å². The van der Waals surface area contributed by atoms with Crippen LogP contribution < -0.4 is 0 Å². The van der Waals surface area contributed by atoms with Gasteiger partial charge in [-0.25, -0.2) is 0 Å². The molecule has 3 nitrogen and oxygen atoms in total. The number of hydrogen-bond donors (Lipinski definition) is 2. The monoisotopic (exact) mass is 128 g/mol. The molecule has 0 aromatic rings. The van der Waals surface area contributed by atoms with Crippen LogP contribution in [0.1, 0.15) is 13.3 Å². The average Bonchev–Trinajstić information content (AvgIpc) is 1.63. The standard InChI is InChI=1S/C6H12N2O/c1-5(7)3-6(8)4-9-2/h7-8H,3-4H2,1-2H3. The summed E-state index contributed by atoms with van der Waals surface area (Å²) in [5.74, 6) is 0. The van der Waals surface area contributed by atoms with Crippen LogP contribution in [-0.2, 0) is 4.74 Å². The fourth-order valence-corrected chi connectivity index (χ4v) is 0.545. The molecular formula is C6H12N2O. The molecule has 0 aliphatic heterocycles. The number of hydrogen-bond acceptors (Lipinski definition) is 3. The Morgan fingerprint density at radius 3 is 2.33 bits per heavy atom. The van der Waals surface area contributed by atoms with Gasteiger partial charge in [-0.2, -0.15) is 0 Å². The van der Waals surface area contributed by atoms with Crippen molar-refractivity contribution in [3.05, 3.63) is 0 Å². The summed E-state index contributed by atoms with van der Waals surface area (Å²) < 4.78 is 4.68. The van der Waals surface area contributed by atoms with Crippen molar-refractivity contribution < 1.29 is 4.74 Å². The van der Waals surface area contributed by atoms with Crippen molar-refractivity contribution >= 4 is 11.4 Å². The quantitative estimate of drug-likeness (QED) is 0.547. The van der Waals surface area contributed by atoms with Crippen LogP contribution in [-0.4, -0.2) is 25.1 Å². The van der Waals surface area contributed by atoms with E-state index in [0.717, 1.165) is 0 Å². The van der Waals surface area contributed by atoms with E-state index in [1.165, 1.54) is 0 Å². The highest BCUT2D eigenvalue weighted by Crippen LogP contribution is 1.85. The zero-order valence-corrected chi connectivity index (χ0v) is 5.82. The largest absolute Gasteiger partial charge is 0.379 e. The molecular weight excluding hydrogens is 116 g/mol. The lowest BCUT2D eigenvalue weighted by atomic mass is 10.2. The van der Waals surface area contributed by atoms with Gasteiger partial charge in [-0.1, -0.05) is 0 Å². The minimum absolute atomic E-state index is 0.343. The van der Waals surface area contributed by atoms with E-state index in [9.17, 15) is 0 Å². The number of rotatable bonds is 4. The van der Waals surface area contributed by atoms with Gasteiger partial charge in [-0.15, -0.1) is 0 Å². The first kappa shape index (κ1) is 8.30. The Bertz CT molecular complexity index is 120. The van der Waals surface area contributed by atoms with E-state index in [0.29, 0.717) is 24.5 Å². The molecule has 0 unspecified atom stereocenters. The minimum atomic E-state index is 0.343. The second-order valence-electron chi connectivity index (χ2n) is 1.99. The van der Waals surface area contributed by atoms with Crippen LogP contribution in [0.5, 0.6) is 0 Å². The predicted octanol–water partition coefficient (Wildman–Crippen LogP) is 1.08. The molecule has 9 heavy (non-hydrogen) atoms. The molecule has 0 heterocycles. The fraction of sp³-hybridized carbons (Fsp3) is 0.667. The first-order valence-electron chi connectivity index (χ1n) is 2.76. The van der Waals surface area contributed by atoms with E-state index in [2.05, 4.69) is 4.74 Å². The summed E-state index contributed by atoms with van der Waals surface area (Å²) in [7, 11) is 1.55. The molecule has 52 valence electrons. The van der Waals surface area contributed by atoms with Crippen molar-refractivity contribution in [3.8, 4) is 0 Å². The Labute approximate surface area is 55.0 Å². The Morgan fingerprint density at radius 1 is 1.44 bits per heavy atom. The molecule has 0 radical (unpaired) electrons. The second-order valence-corrected chi connectivity index (χ2v) is 1.99. The van der Waals surface area contributed by atoms with E-state index in [4.69, 9.17) is 10.8 Å². The second kappa shape index (κ2) is 4.21. The van der Waals surface area contributed by atoms with E-state index in [-0.39, 0.29) is 0 Å². The number of ether oxygens (including phenoxy) is 1. The zero-order valence-electron chi connectivity index (χ0n) is 5.82. The van der Waals surface area contributed by atoms with Gasteiger partial charge in [0.25, 0.3) is 0 Å². The first-order valence-corrected chi connectivity index (χ1v) is 2.76. The van der Waals surface area contributed by atoms with Gasteiger partial charge in [0.2, 0.25) is 0 Å². The fourth-order valence-electron chi connectivity index (χ4n) is 0.545. The van der Waals surface area contributed by atoms with Gasteiger partial charge < -0.3 is 15.6 Å². The van der Waals surface area contributed by atoms with Gasteiger partial charge in [0, 0.05) is 25.0 Å². The molecule has 0 aliphatic carbocycles. The third kappa shape index (κ3) is 5.17. The summed E-state index contributed by atoms with van der Waals surface area (Å²) in [5.41, 5.74) is 0.974. The van der Waals surface area contributed by atoms with Crippen LogP contribution >= 0.6 is 0 Å². The molecule has 0 atom stereocenters. The topological polar surface area (TPSA) is 56.9 Å². The molecule has 0 rings (SSSR count). The maximum absolute atomic E-state index is 7.15. The van der Waals surface area contributed by atoms with Crippen molar-refractivity contribution in [2.45, 2.75) is 13.3 Å². The summed E-state index contributed by atoms with van der Waals surface area (Å²) in [4.78, 5) is 0. The first-order chi connectivity index (χ1) is 4.16. The molecule has 0 aromatic heterocycles. The summed E-state index contributed by atoms with van der Waals surface area (Å²) in [6.45, 7) is 2.03. The van der Waals surface area contributed by atoms with Gasteiger partial charge >= 0.3 is 0 Å². The van der Waals surface area contributed by atoms with E-state index >= 15 is 0 Å². The molecule has 0 fully saturated rings. The minimum Gasteiger partial charge on any atom is -0.379 e. The SMILES string of the molecule is COCC(=N)CC(C)=N. The van der Waals surface area contributed by atoms with Crippen LogP contribution in [0.15, 0.2) is 0 Å². The van der Waals surface area contributed by atoms with Gasteiger partial charge in [-0.3, -0.25) is 0 Å². The van der Waals surface area contributed by atoms with Gasteiger partial charge in [0.05, 0.1) is 6.61 Å². The molecule has 0 saturated heterocycles. The number of methoxy groups -OCH3 is 1. The van der Waals surface area contributed by atoms with Crippen molar-refractivity contribution in [1.82, 2.24) is 0 Å². The van der Waals surface area contributed by atoms with Crippen LogP contribution in [0, 0.1) is 10.8 Å². The Kier molecular flexibility index (Phi) is 3.88. The molecule has 2 N–H and O–H groups in total. The Hall–Kier alpha value is -0.700. The summed E-state index contributed by atoms with van der Waals surface area (Å²) in [5, 5.41) is 14.2. The molecule has 3 heteroatoms. The Balaban J connectivity index is 3.39. The van der Waals surface area contributed by atoms with Crippen molar-refractivity contribution in [3.63, 3.8) is 0 Å². The molecule has 0 aromatic carbocycles. The van der Waals surface area contributed by atoms with E-state index < -0.39 is 0 Å². The van der Waals surface area contributed by atoms with Crippen LogP contribution in [0.4, 0.5) is 0 Å². The van der Waals surface area contributed by atoms with Gasteiger partial charge in [-0.05, 0) is 6.92 Å².